The number of carbonyl (C=O) groups is 1. The highest BCUT2D eigenvalue weighted by atomic mass is 16.5. The number of carboxylic acids is 1. The summed E-state index contributed by atoms with van der Waals surface area (Å²) in [6, 6.07) is 3.31. The predicted octanol–water partition coefficient (Wildman–Crippen LogP) is 1.95. The Morgan fingerprint density at radius 1 is 1.40 bits per heavy atom. The van der Waals surface area contributed by atoms with E-state index in [2.05, 4.69) is 0 Å². The molecule has 4 heteroatoms. The van der Waals surface area contributed by atoms with Crippen molar-refractivity contribution in [1.82, 2.24) is 4.40 Å². The summed E-state index contributed by atoms with van der Waals surface area (Å²) in [6.07, 6.45) is 3.42. The second-order valence-electron chi connectivity index (χ2n) is 3.36. The molecule has 78 valence electrons. The normalized spacial score (nSPS) is 10.5. The van der Waals surface area contributed by atoms with Crippen molar-refractivity contribution < 1.29 is 14.6 Å². The highest BCUT2D eigenvalue weighted by Crippen LogP contribution is 2.26. The zero-order chi connectivity index (χ0) is 11.0. The van der Waals surface area contributed by atoms with Crippen molar-refractivity contribution in [2.75, 3.05) is 7.11 Å². The minimum atomic E-state index is -0.929. The third-order valence-electron chi connectivity index (χ3n) is 2.35. The third kappa shape index (κ3) is 1.44. The van der Waals surface area contributed by atoms with Crippen LogP contribution in [-0.4, -0.2) is 22.6 Å². The molecule has 0 fully saturated rings. The fraction of sp³-hybridized carbons (Fsp3) is 0.182. The Morgan fingerprint density at radius 3 is 2.73 bits per heavy atom. The van der Waals surface area contributed by atoms with Gasteiger partial charge in [0, 0.05) is 18.0 Å². The van der Waals surface area contributed by atoms with Crippen LogP contribution in [0.15, 0.2) is 24.5 Å². The van der Waals surface area contributed by atoms with Crippen LogP contribution in [0, 0.1) is 6.92 Å². The van der Waals surface area contributed by atoms with Crippen LogP contribution >= 0.6 is 0 Å². The van der Waals surface area contributed by atoms with E-state index in [4.69, 9.17) is 9.84 Å². The van der Waals surface area contributed by atoms with Gasteiger partial charge in [-0.15, -0.1) is 0 Å². The zero-order valence-electron chi connectivity index (χ0n) is 8.52. The fourth-order valence-corrected chi connectivity index (χ4v) is 1.68. The van der Waals surface area contributed by atoms with Crippen molar-refractivity contribution >= 4 is 11.5 Å². The summed E-state index contributed by atoms with van der Waals surface area (Å²) in [5.41, 5.74) is 2.13. The van der Waals surface area contributed by atoms with E-state index in [9.17, 15) is 4.79 Å². The highest BCUT2D eigenvalue weighted by Gasteiger charge is 2.09. The van der Waals surface area contributed by atoms with E-state index in [-0.39, 0.29) is 5.56 Å². The number of pyridine rings is 1. The number of nitrogens with zero attached hydrogens (tertiary/aromatic N) is 1. The molecule has 0 saturated heterocycles. The van der Waals surface area contributed by atoms with Crippen LogP contribution in [0.4, 0.5) is 0 Å². The molecule has 1 N–H and O–H groups in total. The topological polar surface area (TPSA) is 50.9 Å². The standard InChI is InChI=1S/C11H11NO3/c1-7-5-12-6-8(11(13)14)3-4-9(12)10(7)15-2/h3-6H,1-2H3,(H,13,14). The molecule has 0 atom stereocenters. The third-order valence-corrected chi connectivity index (χ3v) is 2.35. The molecule has 0 radical (unpaired) electrons. The first-order valence-corrected chi connectivity index (χ1v) is 4.52. The molecular formula is C11H11NO3. The molecule has 0 aromatic carbocycles. The van der Waals surface area contributed by atoms with Crippen molar-refractivity contribution in [3.63, 3.8) is 0 Å². The van der Waals surface area contributed by atoms with E-state index in [1.807, 2.05) is 13.1 Å². The first-order chi connectivity index (χ1) is 7.13. The number of rotatable bonds is 2. The second-order valence-corrected chi connectivity index (χ2v) is 3.36. The number of aryl methyl sites for hydroxylation is 1. The van der Waals surface area contributed by atoms with Crippen LogP contribution in [-0.2, 0) is 0 Å². The lowest BCUT2D eigenvalue weighted by Gasteiger charge is -2.00. The number of ether oxygens (including phenoxy) is 1. The molecular weight excluding hydrogens is 194 g/mol. The lowest BCUT2D eigenvalue weighted by molar-refractivity contribution is 0.0696. The van der Waals surface area contributed by atoms with Crippen LogP contribution in [0.1, 0.15) is 15.9 Å². The van der Waals surface area contributed by atoms with Gasteiger partial charge in [0.2, 0.25) is 0 Å². The van der Waals surface area contributed by atoms with Gasteiger partial charge in [-0.1, -0.05) is 0 Å². The van der Waals surface area contributed by atoms with Gasteiger partial charge in [-0.3, -0.25) is 0 Å². The molecule has 0 unspecified atom stereocenters. The van der Waals surface area contributed by atoms with Crippen LogP contribution in [0.25, 0.3) is 5.52 Å². The maximum Gasteiger partial charge on any atom is 0.337 e. The van der Waals surface area contributed by atoms with E-state index in [1.165, 1.54) is 0 Å². The highest BCUT2D eigenvalue weighted by molar-refractivity contribution is 5.88. The van der Waals surface area contributed by atoms with Crippen molar-refractivity contribution in [3.05, 3.63) is 35.7 Å². The first kappa shape index (κ1) is 9.58. The van der Waals surface area contributed by atoms with Crippen molar-refractivity contribution in [3.8, 4) is 5.75 Å². The molecule has 2 aromatic heterocycles. The van der Waals surface area contributed by atoms with E-state index in [0.717, 1.165) is 16.8 Å². The summed E-state index contributed by atoms with van der Waals surface area (Å²) >= 11 is 0. The Labute approximate surface area is 86.7 Å². The molecule has 0 spiro atoms. The molecule has 0 amide bonds. The Hall–Kier alpha value is -1.97. The van der Waals surface area contributed by atoms with Gasteiger partial charge in [-0.25, -0.2) is 4.79 Å². The predicted molar refractivity (Wildman–Crippen MR) is 55.6 cm³/mol. The number of methoxy groups -OCH3 is 1. The van der Waals surface area contributed by atoms with Gasteiger partial charge in [0.25, 0.3) is 0 Å². The van der Waals surface area contributed by atoms with E-state index >= 15 is 0 Å². The molecule has 0 saturated carbocycles. The van der Waals surface area contributed by atoms with Crippen molar-refractivity contribution in [2.45, 2.75) is 6.92 Å². The fourth-order valence-electron chi connectivity index (χ4n) is 1.68. The first-order valence-electron chi connectivity index (χ1n) is 4.52. The number of aromatic carboxylic acids is 1. The zero-order valence-corrected chi connectivity index (χ0v) is 8.52. The lowest BCUT2D eigenvalue weighted by atomic mass is 10.2. The summed E-state index contributed by atoms with van der Waals surface area (Å²) in [7, 11) is 1.60. The maximum atomic E-state index is 10.8. The number of hydrogen-bond acceptors (Lipinski definition) is 2. The number of fused-ring (bicyclic) bond motifs is 1. The summed E-state index contributed by atoms with van der Waals surface area (Å²) < 4.78 is 6.99. The Balaban J connectivity index is 2.69. The largest absolute Gasteiger partial charge is 0.494 e. The number of aromatic nitrogens is 1. The van der Waals surface area contributed by atoms with E-state index in [0.29, 0.717) is 0 Å². The molecule has 0 aliphatic rings. The Bertz CT molecular complexity index is 528. The molecule has 2 heterocycles. The smallest absolute Gasteiger partial charge is 0.337 e. The summed E-state index contributed by atoms with van der Waals surface area (Å²) in [6.45, 7) is 1.92. The summed E-state index contributed by atoms with van der Waals surface area (Å²) in [5.74, 6) is -0.144. The summed E-state index contributed by atoms with van der Waals surface area (Å²) in [5, 5.41) is 8.83. The maximum absolute atomic E-state index is 10.8. The van der Waals surface area contributed by atoms with Crippen molar-refractivity contribution in [1.29, 1.82) is 0 Å². The minimum Gasteiger partial charge on any atom is -0.494 e. The van der Waals surface area contributed by atoms with Gasteiger partial charge in [0.15, 0.2) is 0 Å². The van der Waals surface area contributed by atoms with Crippen LogP contribution in [0.2, 0.25) is 0 Å². The number of hydrogen-bond donors (Lipinski definition) is 1. The van der Waals surface area contributed by atoms with Crippen LogP contribution < -0.4 is 4.74 Å². The quantitative estimate of drug-likeness (QED) is 0.815. The van der Waals surface area contributed by atoms with E-state index < -0.39 is 5.97 Å². The van der Waals surface area contributed by atoms with Crippen LogP contribution in [0.5, 0.6) is 5.75 Å². The second kappa shape index (κ2) is 3.31. The van der Waals surface area contributed by atoms with Crippen LogP contribution in [0.3, 0.4) is 0 Å². The summed E-state index contributed by atoms with van der Waals surface area (Å²) in [4.78, 5) is 10.8. The SMILES string of the molecule is COc1c(C)cn2cc(C(=O)O)ccc12. The molecule has 2 rings (SSSR count). The molecule has 15 heavy (non-hydrogen) atoms. The molecule has 0 aliphatic carbocycles. The molecule has 0 aliphatic heterocycles. The van der Waals surface area contributed by atoms with E-state index in [1.54, 1.807) is 29.8 Å². The average molecular weight is 205 g/mol. The van der Waals surface area contributed by atoms with Gasteiger partial charge in [0.1, 0.15) is 5.75 Å². The molecule has 0 bridgehead atoms. The monoisotopic (exact) mass is 205 g/mol. The van der Waals surface area contributed by atoms with Gasteiger partial charge in [0.05, 0.1) is 18.2 Å². The van der Waals surface area contributed by atoms with Crippen molar-refractivity contribution in [2.24, 2.45) is 0 Å². The van der Waals surface area contributed by atoms with Gasteiger partial charge >= 0.3 is 5.97 Å². The lowest BCUT2D eigenvalue weighted by Crippen LogP contribution is -1.98. The van der Waals surface area contributed by atoms with Gasteiger partial charge < -0.3 is 14.2 Å². The molecule has 4 nitrogen and oxygen atoms in total. The van der Waals surface area contributed by atoms with Gasteiger partial charge in [-0.05, 0) is 19.1 Å². The Kier molecular flexibility index (Phi) is 2.11. The average Bonchev–Trinajstić information content (AvgIpc) is 2.51. The minimum absolute atomic E-state index is 0.264. The van der Waals surface area contributed by atoms with Gasteiger partial charge in [-0.2, -0.15) is 0 Å². The Morgan fingerprint density at radius 2 is 2.13 bits per heavy atom. The number of carboxylic acid groups (broad SMARTS) is 1. The molecule has 2 aromatic rings.